The fourth-order valence-corrected chi connectivity index (χ4v) is 2.87. The number of aliphatic carboxylic acids is 1. The Labute approximate surface area is 147 Å². The molecule has 0 saturated heterocycles. The standard InChI is InChI=1S/C20H21NO4/c1-3-21(4-2)16-8-5-14(6-9-16)11-17(20(22)23)15-7-10-18-19(12-15)25-13-24-18/h5-12H,3-4,13H2,1-2H3,(H,22,23)/b17-11-. The van der Waals surface area contributed by atoms with Crippen LogP contribution in [-0.2, 0) is 4.79 Å². The van der Waals surface area contributed by atoms with Gasteiger partial charge >= 0.3 is 5.97 Å². The lowest BCUT2D eigenvalue weighted by Crippen LogP contribution is -2.21. The number of carboxylic acids is 1. The Balaban J connectivity index is 1.91. The second kappa shape index (κ2) is 7.30. The average Bonchev–Trinajstić information content (AvgIpc) is 3.09. The maximum absolute atomic E-state index is 11.7. The van der Waals surface area contributed by atoms with Gasteiger partial charge < -0.3 is 19.5 Å². The Hall–Kier alpha value is -2.95. The first-order valence-corrected chi connectivity index (χ1v) is 8.32. The van der Waals surface area contributed by atoms with E-state index in [2.05, 4.69) is 18.7 Å². The molecule has 5 nitrogen and oxygen atoms in total. The fraction of sp³-hybridized carbons (Fsp3) is 0.250. The van der Waals surface area contributed by atoms with Gasteiger partial charge in [-0.15, -0.1) is 0 Å². The van der Waals surface area contributed by atoms with E-state index in [-0.39, 0.29) is 12.4 Å². The van der Waals surface area contributed by atoms with E-state index in [0.29, 0.717) is 17.1 Å². The fourth-order valence-electron chi connectivity index (χ4n) is 2.87. The third-order valence-corrected chi connectivity index (χ3v) is 4.25. The molecule has 0 fully saturated rings. The van der Waals surface area contributed by atoms with E-state index in [1.54, 1.807) is 24.3 Å². The van der Waals surface area contributed by atoms with E-state index in [1.165, 1.54) is 0 Å². The molecule has 130 valence electrons. The number of carbonyl (C=O) groups is 1. The molecule has 2 aromatic rings. The number of ether oxygens (including phenoxy) is 2. The highest BCUT2D eigenvalue weighted by molar-refractivity contribution is 6.20. The minimum Gasteiger partial charge on any atom is -0.478 e. The van der Waals surface area contributed by atoms with Crippen LogP contribution >= 0.6 is 0 Å². The Morgan fingerprint density at radius 1 is 1.08 bits per heavy atom. The summed E-state index contributed by atoms with van der Waals surface area (Å²) in [7, 11) is 0. The summed E-state index contributed by atoms with van der Waals surface area (Å²) in [6.07, 6.45) is 1.67. The summed E-state index contributed by atoms with van der Waals surface area (Å²) < 4.78 is 10.6. The van der Waals surface area contributed by atoms with Crippen molar-refractivity contribution < 1.29 is 19.4 Å². The summed E-state index contributed by atoms with van der Waals surface area (Å²) in [4.78, 5) is 14.0. The van der Waals surface area contributed by atoms with Crippen LogP contribution in [0.5, 0.6) is 11.5 Å². The highest BCUT2D eigenvalue weighted by Gasteiger charge is 2.17. The smallest absolute Gasteiger partial charge is 0.336 e. The van der Waals surface area contributed by atoms with Gasteiger partial charge in [-0.25, -0.2) is 4.79 Å². The Morgan fingerprint density at radius 3 is 2.40 bits per heavy atom. The Bertz CT molecular complexity index is 792. The third-order valence-electron chi connectivity index (χ3n) is 4.25. The topological polar surface area (TPSA) is 59.0 Å². The van der Waals surface area contributed by atoms with Crippen molar-refractivity contribution in [1.29, 1.82) is 0 Å². The summed E-state index contributed by atoms with van der Waals surface area (Å²) in [5.74, 6) is 0.227. The first-order chi connectivity index (χ1) is 12.1. The predicted octanol–water partition coefficient (Wildman–Crippen LogP) is 3.89. The van der Waals surface area contributed by atoms with Crippen LogP contribution < -0.4 is 14.4 Å². The molecule has 1 heterocycles. The zero-order valence-corrected chi connectivity index (χ0v) is 14.4. The molecule has 0 aromatic heterocycles. The molecule has 0 saturated carbocycles. The molecule has 0 aliphatic carbocycles. The molecule has 0 atom stereocenters. The number of benzene rings is 2. The number of hydrogen-bond donors (Lipinski definition) is 1. The van der Waals surface area contributed by atoms with Crippen molar-refractivity contribution in [2.75, 3.05) is 24.8 Å². The number of fused-ring (bicyclic) bond motifs is 1. The van der Waals surface area contributed by atoms with Gasteiger partial charge in [-0.2, -0.15) is 0 Å². The zero-order chi connectivity index (χ0) is 17.8. The summed E-state index contributed by atoms with van der Waals surface area (Å²) in [5.41, 5.74) is 2.77. The van der Waals surface area contributed by atoms with E-state index in [1.807, 2.05) is 24.3 Å². The monoisotopic (exact) mass is 339 g/mol. The molecule has 0 bridgehead atoms. The van der Waals surface area contributed by atoms with Gasteiger partial charge in [-0.05, 0) is 55.3 Å². The van der Waals surface area contributed by atoms with Crippen molar-refractivity contribution in [2.24, 2.45) is 0 Å². The lowest BCUT2D eigenvalue weighted by molar-refractivity contribution is -0.130. The van der Waals surface area contributed by atoms with E-state index in [4.69, 9.17) is 9.47 Å². The van der Waals surface area contributed by atoms with Crippen molar-refractivity contribution >= 4 is 23.3 Å². The number of carboxylic acid groups (broad SMARTS) is 1. The van der Waals surface area contributed by atoms with Crippen LogP contribution in [0.2, 0.25) is 0 Å². The van der Waals surface area contributed by atoms with Crippen LogP contribution in [0.3, 0.4) is 0 Å². The largest absolute Gasteiger partial charge is 0.478 e. The number of rotatable bonds is 6. The molecule has 2 aromatic carbocycles. The zero-order valence-electron chi connectivity index (χ0n) is 14.4. The minimum atomic E-state index is -0.980. The lowest BCUT2D eigenvalue weighted by atomic mass is 10.0. The third kappa shape index (κ3) is 3.60. The molecule has 1 aliphatic rings. The molecule has 1 N–H and O–H groups in total. The van der Waals surface area contributed by atoms with Crippen molar-refractivity contribution in [2.45, 2.75) is 13.8 Å². The molecule has 25 heavy (non-hydrogen) atoms. The number of anilines is 1. The quantitative estimate of drug-likeness (QED) is 0.639. The van der Waals surface area contributed by atoms with Crippen molar-refractivity contribution in [1.82, 2.24) is 0 Å². The minimum absolute atomic E-state index is 0.164. The average molecular weight is 339 g/mol. The number of hydrogen-bond acceptors (Lipinski definition) is 4. The van der Waals surface area contributed by atoms with E-state index in [9.17, 15) is 9.90 Å². The Morgan fingerprint density at radius 2 is 1.76 bits per heavy atom. The van der Waals surface area contributed by atoms with E-state index < -0.39 is 5.97 Å². The van der Waals surface area contributed by atoms with Gasteiger partial charge in [0.15, 0.2) is 11.5 Å². The lowest BCUT2D eigenvalue weighted by Gasteiger charge is -2.20. The molecule has 0 spiro atoms. The first-order valence-electron chi connectivity index (χ1n) is 8.32. The van der Waals surface area contributed by atoms with Crippen LogP contribution in [0, 0.1) is 0 Å². The van der Waals surface area contributed by atoms with Crippen molar-refractivity contribution in [3.63, 3.8) is 0 Å². The SMILES string of the molecule is CCN(CC)c1ccc(/C=C(\C(=O)O)c2ccc3c(c2)OCO3)cc1. The molecular weight excluding hydrogens is 318 g/mol. The van der Waals surface area contributed by atoms with Crippen LogP contribution in [0.1, 0.15) is 25.0 Å². The highest BCUT2D eigenvalue weighted by Crippen LogP contribution is 2.35. The van der Waals surface area contributed by atoms with Gasteiger partial charge in [0, 0.05) is 18.8 Å². The summed E-state index contributed by atoms with van der Waals surface area (Å²) in [6.45, 7) is 6.25. The molecule has 0 amide bonds. The van der Waals surface area contributed by atoms with Gasteiger partial charge in [-0.1, -0.05) is 18.2 Å². The van der Waals surface area contributed by atoms with Crippen LogP contribution in [0.4, 0.5) is 5.69 Å². The second-order valence-corrected chi connectivity index (χ2v) is 5.70. The van der Waals surface area contributed by atoms with Gasteiger partial charge in [-0.3, -0.25) is 0 Å². The van der Waals surface area contributed by atoms with Crippen molar-refractivity contribution in [3.05, 3.63) is 53.6 Å². The Kier molecular flexibility index (Phi) is 4.93. The molecule has 0 radical (unpaired) electrons. The van der Waals surface area contributed by atoms with E-state index in [0.717, 1.165) is 24.3 Å². The highest BCUT2D eigenvalue weighted by atomic mass is 16.7. The summed E-state index contributed by atoms with van der Waals surface area (Å²) in [5, 5.41) is 9.61. The van der Waals surface area contributed by atoms with Crippen LogP contribution in [-0.4, -0.2) is 31.0 Å². The van der Waals surface area contributed by atoms with Crippen LogP contribution in [0.15, 0.2) is 42.5 Å². The molecule has 0 unspecified atom stereocenters. The predicted molar refractivity (Wildman–Crippen MR) is 98.1 cm³/mol. The van der Waals surface area contributed by atoms with Gasteiger partial charge in [0.2, 0.25) is 6.79 Å². The molecule has 3 rings (SSSR count). The van der Waals surface area contributed by atoms with Gasteiger partial charge in [0.1, 0.15) is 0 Å². The normalized spacial score (nSPS) is 13.0. The van der Waals surface area contributed by atoms with Crippen LogP contribution in [0.25, 0.3) is 11.6 Å². The van der Waals surface area contributed by atoms with E-state index >= 15 is 0 Å². The summed E-state index contributed by atoms with van der Waals surface area (Å²) in [6, 6.07) is 13.1. The molecular formula is C20H21NO4. The first kappa shape index (κ1) is 16.9. The van der Waals surface area contributed by atoms with Gasteiger partial charge in [0.05, 0.1) is 5.57 Å². The second-order valence-electron chi connectivity index (χ2n) is 5.70. The maximum atomic E-state index is 11.7. The van der Waals surface area contributed by atoms with Gasteiger partial charge in [0.25, 0.3) is 0 Å². The molecule has 5 heteroatoms. The summed E-state index contributed by atoms with van der Waals surface area (Å²) >= 11 is 0. The van der Waals surface area contributed by atoms with Crippen molar-refractivity contribution in [3.8, 4) is 11.5 Å². The number of nitrogens with zero attached hydrogens (tertiary/aromatic N) is 1. The molecule has 1 aliphatic heterocycles. The maximum Gasteiger partial charge on any atom is 0.336 e.